The summed E-state index contributed by atoms with van der Waals surface area (Å²) < 4.78 is 11.3. The van der Waals surface area contributed by atoms with E-state index in [1.54, 1.807) is 0 Å². The van der Waals surface area contributed by atoms with Gasteiger partial charge in [0.2, 0.25) is 5.91 Å². The SMILES string of the molecule is CCCCCCCCCCCCCCCCCCCCCCCC(=O)NC(COC1OC(CO)C(O)C(O)C1O)C(O)CCCCCCCCCCCCCC. The van der Waals surface area contributed by atoms with Gasteiger partial charge in [-0.25, -0.2) is 0 Å². The van der Waals surface area contributed by atoms with E-state index in [2.05, 4.69) is 19.2 Å². The third-order valence-electron chi connectivity index (χ3n) is 12.0. The highest BCUT2D eigenvalue weighted by Gasteiger charge is 2.44. The van der Waals surface area contributed by atoms with Gasteiger partial charge in [-0.15, -0.1) is 0 Å². The van der Waals surface area contributed by atoms with Crippen molar-refractivity contribution in [3.05, 3.63) is 0 Å². The van der Waals surface area contributed by atoms with Gasteiger partial charge in [0.15, 0.2) is 6.29 Å². The number of hydrogen-bond acceptors (Lipinski definition) is 8. The molecule has 0 bridgehead atoms. The van der Waals surface area contributed by atoms with Crippen LogP contribution in [0.25, 0.3) is 0 Å². The van der Waals surface area contributed by atoms with Crippen LogP contribution in [-0.2, 0) is 14.3 Å². The number of aliphatic hydroxyl groups is 5. The number of rotatable bonds is 41. The van der Waals surface area contributed by atoms with Gasteiger partial charge >= 0.3 is 0 Å². The smallest absolute Gasteiger partial charge is 0.220 e. The largest absolute Gasteiger partial charge is 0.394 e. The molecule has 1 saturated heterocycles. The Labute approximate surface area is 344 Å². The maximum absolute atomic E-state index is 13.0. The van der Waals surface area contributed by atoms with Crippen molar-refractivity contribution in [2.75, 3.05) is 13.2 Å². The molecule has 1 aliphatic heterocycles. The average Bonchev–Trinajstić information content (AvgIpc) is 3.20. The first-order valence-corrected chi connectivity index (χ1v) is 24.2. The van der Waals surface area contributed by atoms with Crippen molar-refractivity contribution in [2.24, 2.45) is 0 Å². The molecule has 1 fully saturated rings. The Morgan fingerprint density at radius 3 is 1.27 bits per heavy atom. The van der Waals surface area contributed by atoms with Crippen molar-refractivity contribution in [1.82, 2.24) is 5.32 Å². The van der Waals surface area contributed by atoms with Crippen LogP contribution < -0.4 is 5.32 Å². The van der Waals surface area contributed by atoms with Crippen molar-refractivity contribution in [3.63, 3.8) is 0 Å². The summed E-state index contributed by atoms with van der Waals surface area (Å²) in [5, 5.41) is 54.3. The highest BCUT2D eigenvalue weighted by atomic mass is 16.7. The van der Waals surface area contributed by atoms with Crippen molar-refractivity contribution >= 4 is 5.91 Å². The number of carbonyl (C=O) groups is 1. The van der Waals surface area contributed by atoms with E-state index in [0.717, 1.165) is 38.5 Å². The summed E-state index contributed by atoms with van der Waals surface area (Å²) in [4.78, 5) is 13.0. The number of aliphatic hydroxyl groups excluding tert-OH is 5. The molecular weight excluding hydrogens is 707 g/mol. The molecule has 0 aromatic carbocycles. The quantitative estimate of drug-likeness (QED) is 0.0335. The van der Waals surface area contributed by atoms with Crippen LogP contribution in [0.1, 0.15) is 239 Å². The molecule has 0 saturated carbocycles. The van der Waals surface area contributed by atoms with Gasteiger partial charge in [-0.1, -0.05) is 219 Å². The zero-order valence-electron chi connectivity index (χ0n) is 36.7. The predicted molar refractivity (Wildman–Crippen MR) is 231 cm³/mol. The van der Waals surface area contributed by atoms with E-state index in [1.807, 2.05) is 0 Å². The Balaban J connectivity index is 2.24. The molecule has 7 unspecified atom stereocenters. The van der Waals surface area contributed by atoms with Gasteiger partial charge in [0.1, 0.15) is 24.4 Å². The normalized spacial score (nSPS) is 21.0. The second-order valence-corrected chi connectivity index (χ2v) is 17.3. The van der Waals surface area contributed by atoms with Crippen LogP contribution in [0.3, 0.4) is 0 Å². The number of ether oxygens (including phenoxy) is 2. The summed E-state index contributed by atoms with van der Waals surface area (Å²) in [5.74, 6) is -0.140. The van der Waals surface area contributed by atoms with Crippen LogP contribution in [0.4, 0.5) is 0 Å². The van der Waals surface area contributed by atoms with Crippen LogP contribution in [-0.4, -0.2) is 87.5 Å². The van der Waals surface area contributed by atoms with E-state index in [0.29, 0.717) is 12.8 Å². The minimum atomic E-state index is -1.55. The molecular formula is C47H93NO8. The molecule has 0 aromatic heterocycles. The maximum Gasteiger partial charge on any atom is 0.220 e. The molecule has 1 rings (SSSR count). The highest BCUT2D eigenvalue weighted by Crippen LogP contribution is 2.23. The Morgan fingerprint density at radius 1 is 0.536 bits per heavy atom. The molecule has 6 N–H and O–H groups in total. The minimum Gasteiger partial charge on any atom is -0.394 e. The fraction of sp³-hybridized carbons (Fsp3) is 0.979. The lowest BCUT2D eigenvalue weighted by Crippen LogP contribution is -2.60. The van der Waals surface area contributed by atoms with Gasteiger partial charge in [-0.3, -0.25) is 4.79 Å². The highest BCUT2D eigenvalue weighted by molar-refractivity contribution is 5.76. The second-order valence-electron chi connectivity index (χ2n) is 17.3. The first-order valence-electron chi connectivity index (χ1n) is 24.2. The third kappa shape index (κ3) is 28.6. The number of nitrogens with one attached hydrogen (secondary N) is 1. The molecule has 1 heterocycles. The molecule has 1 aliphatic rings. The fourth-order valence-electron chi connectivity index (χ4n) is 8.04. The summed E-state index contributed by atoms with van der Waals surface area (Å²) in [6.07, 6.45) is 35.4. The molecule has 0 radical (unpaired) electrons. The number of hydrogen-bond donors (Lipinski definition) is 6. The molecule has 9 heteroatoms. The standard InChI is InChI=1S/C47H93NO8/c1-3-5-7-9-11-13-15-17-18-19-20-21-22-23-24-25-27-29-31-33-35-37-43(51)48-40(39-55-47-46(54)45(53)44(52)42(38-49)56-47)41(50)36-34-32-30-28-26-16-14-12-10-8-6-4-2/h40-42,44-47,49-50,52-54H,3-39H2,1-2H3,(H,48,51). The lowest BCUT2D eigenvalue weighted by molar-refractivity contribution is -0.302. The monoisotopic (exact) mass is 800 g/mol. The lowest BCUT2D eigenvalue weighted by Gasteiger charge is -2.40. The maximum atomic E-state index is 13.0. The molecule has 7 atom stereocenters. The van der Waals surface area contributed by atoms with E-state index < -0.39 is 49.5 Å². The topological polar surface area (TPSA) is 149 Å². The molecule has 0 aromatic rings. The van der Waals surface area contributed by atoms with Crippen LogP contribution >= 0.6 is 0 Å². The van der Waals surface area contributed by atoms with Gasteiger partial charge in [-0.2, -0.15) is 0 Å². The Hall–Kier alpha value is -0.810. The molecule has 0 spiro atoms. The van der Waals surface area contributed by atoms with Crippen molar-refractivity contribution in [3.8, 4) is 0 Å². The summed E-state index contributed by atoms with van der Waals surface area (Å²) >= 11 is 0. The van der Waals surface area contributed by atoms with Crippen molar-refractivity contribution in [2.45, 2.75) is 281 Å². The van der Waals surface area contributed by atoms with Crippen molar-refractivity contribution < 1.29 is 39.8 Å². The van der Waals surface area contributed by atoms with Gasteiger partial charge in [0.25, 0.3) is 0 Å². The van der Waals surface area contributed by atoms with E-state index in [-0.39, 0.29) is 12.5 Å². The van der Waals surface area contributed by atoms with Gasteiger partial charge in [-0.05, 0) is 12.8 Å². The van der Waals surface area contributed by atoms with Gasteiger partial charge in [0.05, 0.1) is 25.4 Å². The summed E-state index contributed by atoms with van der Waals surface area (Å²) in [6, 6.07) is -0.711. The molecule has 56 heavy (non-hydrogen) atoms. The predicted octanol–water partition coefficient (Wildman–Crippen LogP) is 10.3. The third-order valence-corrected chi connectivity index (χ3v) is 12.0. The number of carbonyl (C=O) groups excluding carboxylic acids is 1. The van der Waals surface area contributed by atoms with Gasteiger partial charge in [0, 0.05) is 6.42 Å². The Bertz CT molecular complexity index is 847. The Kier molecular flexibility index (Phi) is 36.5. The molecule has 1 amide bonds. The van der Waals surface area contributed by atoms with Crippen LogP contribution in [0, 0.1) is 0 Å². The van der Waals surface area contributed by atoms with Gasteiger partial charge < -0.3 is 40.3 Å². The van der Waals surface area contributed by atoms with E-state index in [4.69, 9.17) is 9.47 Å². The molecule has 0 aliphatic carbocycles. The van der Waals surface area contributed by atoms with Crippen LogP contribution in [0.2, 0.25) is 0 Å². The minimum absolute atomic E-state index is 0.132. The van der Waals surface area contributed by atoms with Crippen molar-refractivity contribution in [1.29, 1.82) is 0 Å². The van der Waals surface area contributed by atoms with E-state index >= 15 is 0 Å². The summed E-state index contributed by atoms with van der Waals surface area (Å²) in [7, 11) is 0. The fourth-order valence-corrected chi connectivity index (χ4v) is 8.04. The van der Waals surface area contributed by atoms with Crippen LogP contribution in [0.15, 0.2) is 0 Å². The molecule has 334 valence electrons. The zero-order valence-corrected chi connectivity index (χ0v) is 36.7. The Morgan fingerprint density at radius 2 is 0.893 bits per heavy atom. The first kappa shape index (κ1) is 53.2. The lowest BCUT2D eigenvalue weighted by atomic mass is 9.99. The van der Waals surface area contributed by atoms with E-state index in [9.17, 15) is 30.3 Å². The number of unbranched alkanes of at least 4 members (excludes halogenated alkanes) is 31. The van der Waals surface area contributed by atoms with Crippen LogP contribution in [0.5, 0.6) is 0 Å². The zero-order chi connectivity index (χ0) is 40.9. The average molecular weight is 800 g/mol. The van der Waals surface area contributed by atoms with E-state index in [1.165, 1.54) is 173 Å². The number of amides is 1. The molecule has 9 nitrogen and oxygen atoms in total. The summed E-state index contributed by atoms with van der Waals surface area (Å²) in [5.41, 5.74) is 0. The first-order chi connectivity index (χ1) is 27.3. The summed E-state index contributed by atoms with van der Waals surface area (Å²) in [6.45, 7) is 3.85. The second kappa shape index (κ2) is 38.4.